The fourth-order valence-corrected chi connectivity index (χ4v) is 14.9. The minimum atomic E-state index is -1.90. The maximum absolute atomic E-state index is 7.48. The predicted molar refractivity (Wildman–Crippen MR) is 164 cm³/mol. The average Bonchev–Trinajstić information content (AvgIpc) is 2.90. The normalized spacial score (nSPS) is 12.3. The molecule has 0 aromatic heterocycles. The first-order valence-electron chi connectivity index (χ1n) is 15.4. The molecule has 0 saturated heterocycles. The van der Waals surface area contributed by atoms with E-state index in [4.69, 9.17) is 8.69 Å². The topological polar surface area (TPSA) is 18.5 Å². The Morgan fingerprint density at radius 1 is 0.486 bits per heavy atom. The first kappa shape index (κ1) is 32.7. The van der Waals surface area contributed by atoms with Crippen molar-refractivity contribution in [2.24, 2.45) is 0 Å². The second-order valence-electron chi connectivity index (χ2n) is 11.0. The van der Waals surface area contributed by atoms with Crippen molar-refractivity contribution in [3.05, 3.63) is 30.3 Å². The molecule has 35 heavy (non-hydrogen) atoms. The van der Waals surface area contributed by atoms with Gasteiger partial charge >= 0.3 is 7.12 Å². The SMILES string of the molecule is CCCC[Si](CCCC)(CCCC)OB(O[Si](CCCC)(CCCC)CCCC)c1ccccc1. The molecule has 0 unspecified atom stereocenters. The number of hydrogen-bond acceptors (Lipinski definition) is 2. The van der Waals surface area contributed by atoms with Gasteiger partial charge in [-0.25, -0.2) is 0 Å². The van der Waals surface area contributed by atoms with Crippen LogP contribution in [0.1, 0.15) is 119 Å². The standard InChI is InChI=1S/C30H59BO2Si2/c1-7-13-24-34(25-14-8-2,26-15-9-3)32-31(30-22-20-19-21-23-30)33-35(27-16-10-4,28-17-11-5)29-18-12-6/h19-23H,7-18,24-29H2,1-6H3. The summed E-state index contributed by atoms with van der Waals surface area (Å²) < 4.78 is 15.0. The summed E-state index contributed by atoms with van der Waals surface area (Å²) >= 11 is 0. The molecule has 0 spiro atoms. The predicted octanol–water partition coefficient (Wildman–Crippen LogP) is 10.1. The van der Waals surface area contributed by atoms with E-state index in [2.05, 4.69) is 71.9 Å². The van der Waals surface area contributed by atoms with Crippen LogP contribution in [0, 0.1) is 0 Å². The van der Waals surface area contributed by atoms with Crippen LogP contribution in [0.4, 0.5) is 0 Å². The second kappa shape index (κ2) is 19.7. The zero-order valence-electron chi connectivity index (χ0n) is 24.5. The van der Waals surface area contributed by atoms with Crippen LogP contribution in [0.25, 0.3) is 0 Å². The van der Waals surface area contributed by atoms with Gasteiger partial charge in [0.15, 0.2) is 16.6 Å². The van der Waals surface area contributed by atoms with Crippen LogP contribution in [-0.2, 0) is 8.69 Å². The molecule has 1 rings (SSSR count). The Bertz CT molecular complexity index is 536. The molecule has 1 aromatic carbocycles. The van der Waals surface area contributed by atoms with Crippen molar-refractivity contribution in [2.45, 2.75) is 155 Å². The van der Waals surface area contributed by atoms with Gasteiger partial charge in [0.05, 0.1) is 0 Å². The summed E-state index contributed by atoms with van der Waals surface area (Å²) in [5.41, 5.74) is 1.26. The zero-order valence-corrected chi connectivity index (χ0v) is 26.5. The molecule has 0 N–H and O–H groups in total. The molecule has 0 radical (unpaired) electrons. The van der Waals surface area contributed by atoms with Gasteiger partial charge < -0.3 is 8.69 Å². The highest BCUT2D eigenvalue weighted by Gasteiger charge is 2.43. The lowest BCUT2D eigenvalue weighted by atomic mass is 9.80. The highest BCUT2D eigenvalue weighted by molar-refractivity contribution is 6.87. The van der Waals surface area contributed by atoms with Crippen LogP contribution in [0.3, 0.4) is 0 Å². The fraction of sp³-hybridized carbons (Fsp3) is 0.800. The van der Waals surface area contributed by atoms with Gasteiger partial charge in [0, 0.05) is 0 Å². The van der Waals surface area contributed by atoms with Crippen molar-refractivity contribution in [3.63, 3.8) is 0 Å². The van der Waals surface area contributed by atoms with Gasteiger partial charge in [-0.05, 0) is 41.7 Å². The van der Waals surface area contributed by atoms with E-state index < -0.39 is 16.6 Å². The molecule has 1 aromatic rings. The molecular formula is C30H59BO2Si2. The van der Waals surface area contributed by atoms with Gasteiger partial charge in [-0.1, -0.05) is 149 Å². The second-order valence-corrected chi connectivity index (χ2v) is 19.2. The van der Waals surface area contributed by atoms with Crippen LogP contribution in [-0.4, -0.2) is 23.8 Å². The van der Waals surface area contributed by atoms with Gasteiger partial charge in [0.25, 0.3) is 0 Å². The van der Waals surface area contributed by atoms with Crippen molar-refractivity contribution >= 4 is 29.2 Å². The number of benzene rings is 1. The molecule has 0 fully saturated rings. The lowest BCUT2D eigenvalue weighted by Gasteiger charge is -2.40. The average molecular weight is 519 g/mol. The third-order valence-corrected chi connectivity index (χ3v) is 16.7. The summed E-state index contributed by atoms with van der Waals surface area (Å²) in [5.74, 6) is 0. The maximum atomic E-state index is 7.48. The quantitative estimate of drug-likeness (QED) is 0.134. The zero-order chi connectivity index (χ0) is 25.8. The van der Waals surface area contributed by atoms with Crippen LogP contribution >= 0.6 is 0 Å². The third-order valence-electron chi connectivity index (χ3n) is 7.70. The largest absolute Gasteiger partial charge is 0.472 e. The van der Waals surface area contributed by atoms with Crippen molar-refractivity contribution in [3.8, 4) is 0 Å². The summed E-state index contributed by atoms with van der Waals surface area (Å²) in [7, 11) is -3.96. The van der Waals surface area contributed by atoms with Gasteiger partial charge in [-0.15, -0.1) is 0 Å². The first-order valence-corrected chi connectivity index (χ1v) is 20.5. The summed E-state index contributed by atoms with van der Waals surface area (Å²) in [6, 6.07) is 18.8. The molecule has 2 nitrogen and oxygen atoms in total. The lowest BCUT2D eigenvalue weighted by Crippen LogP contribution is -2.55. The Morgan fingerprint density at radius 2 is 0.771 bits per heavy atom. The van der Waals surface area contributed by atoms with E-state index in [0.717, 1.165) is 0 Å². The molecule has 0 aliphatic rings. The molecular weight excluding hydrogens is 459 g/mol. The molecule has 0 bridgehead atoms. The van der Waals surface area contributed by atoms with Gasteiger partial charge in [0.2, 0.25) is 0 Å². The maximum Gasteiger partial charge on any atom is 0.472 e. The Balaban J connectivity index is 3.42. The monoisotopic (exact) mass is 518 g/mol. The Kier molecular flexibility index (Phi) is 18.4. The van der Waals surface area contributed by atoms with Gasteiger partial charge in [0.1, 0.15) is 0 Å². The summed E-state index contributed by atoms with van der Waals surface area (Å²) in [5, 5.41) is 0. The van der Waals surface area contributed by atoms with E-state index in [0.29, 0.717) is 0 Å². The Hall–Kier alpha value is -0.361. The summed E-state index contributed by atoms with van der Waals surface area (Å²) in [6.07, 6.45) is 15.3. The molecule has 0 heterocycles. The van der Waals surface area contributed by atoms with E-state index in [1.807, 2.05) is 0 Å². The Morgan fingerprint density at radius 3 is 1.03 bits per heavy atom. The third kappa shape index (κ3) is 12.6. The fourth-order valence-electron chi connectivity index (χ4n) is 5.32. The highest BCUT2D eigenvalue weighted by atomic mass is 28.4. The Labute approximate surface area is 222 Å². The van der Waals surface area contributed by atoms with Crippen LogP contribution < -0.4 is 5.46 Å². The minimum Gasteiger partial charge on any atom is -0.449 e. The van der Waals surface area contributed by atoms with E-state index in [9.17, 15) is 0 Å². The van der Waals surface area contributed by atoms with Crippen molar-refractivity contribution in [2.75, 3.05) is 0 Å². The highest BCUT2D eigenvalue weighted by Crippen LogP contribution is 2.34. The molecule has 202 valence electrons. The van der Waals surface area contributed by atoms with Crippen LogP contribution in [0.5, 0.6) is 0 Å². The van der Waals surface area contributed by atoms with E-state index in [1.54, 1.807) is 0 Å². The lowest BCUT2D eigenvalue weighted by molar-refractivity contribution is 0.403. The van der Waals surface area contributed by atoms with E-state index in [-0.39, 0.29) is 7.12 Å². The van der Waals surface area contributed by atoms with E-state index in [1.165, 1.54) is 119 Å². The molecule has 0 aliphatic heterocycles. The summed E-state index contributed by atoms with van der Waals surface area (Å²) in [6.45, 7) is 14.0. The van der Waals surface area contributed by atoms with Crippen molar-refractivity contribution in [1.82, 2.24) is 0 Å². The summed E-state index contributed by atoms with van der Waals surface area (Å²) in [4.78, 5) is 0. The smallest absolute Gasteiger partial charge is 0.449 e. The molecule has 5 heteroatoms. The number of unbranched alkanes of at least 4 members (excludes halogenated alkanes) is 6. The van der Waals surface area contributed by atoms with Crippen molar-refractivity contribution in [1.29, 1.82) is 0 Å². The van der Waals surface area contributed by atoms with Crippen molar-refractivity contribution < 1.29 is 8.69 Å². The number of rotatable bonds is 23. The molecule has 0 saturated carbocycles. The first-order chi connectivity index (χ1) is 17.0. The molecule has 0 amide bonds. The minimum absolute atomic E-state index is 0.161. The van der Waals surface area contributed by atoms with Gasteiger partial charge in [-0.2, -0.15) is 0 Å². The van der Waals surface area contributed by atoms with Gasteiger partial charge in [-0.3, -0.25) is 0 Å². The number of hydrogen-bond donors (Lipinski definition) is 0. The van der Waals surface area contributed by atoms with Crippen LogP contribution in [0.2, 0.25) is 36.3 Å². The van der Waals surface area contributed by atoms with E-state index >= 15 is 0 Å². The van der Waals surface area contributed by atoms with Crippen LogP contribution in [0.15, 0.2) is 30.3 Å². The molecule has 0 aliphatic carbocycles. The molecule has 0 atom stereocenters.